The van der Waals surface area contributed by atoms with E-state index in [0.29, 0.717) is 24.6 Å². The van der Waals surface area contributed by atoms with Gasteiger partial charge in [0, 0.05) is 11.4 Å². The maximum Gasteiger partial charge on any atom is 0.358 e. The van der Waals surface area contributed by atoms with Gasteiger partial charge in [0.15, 0.2) is 11.4 Å². The molecule has 0 saturated carbocycles. The average molecular weight is 447 g/mol. The largest absolute Gasteiger partial charge is 0.461 e. The van der Waals surface area contributed by atoms with Crippen LogP contribution in [0.3, 0.4) is 0 Å². The first-order valence-electron chi connectivity index (χ1n) is 12.1. The van der Waals surface area contributed by atoms with E-state index in [1.807, 2.05) is 0 Å². The lowest BCUT2D eigenvalue weighted by Crippen LogP contribution is -2.04. The molecular formula is C24H38N4O4. The summed E-state index contributed by atoms with van der Waals surface area (Å²) in [5.74, 6) is -0.723. The Bertz CT molecular complexity index is 733. The van der Waals surface area contributed by atoms with Crippen molar-refractivity contribution in [1.82, 2.24) is 20.4 Å². The molecule has 0 fully saturated rings. The van der Waals surface area contributed by atoms with Crippen molar-refractivity contribution < 1.29 is 19.1 Å². The number of ether oxygens (including phenoxy) is 2. The predicted molar refractivity (Wildman–Crippen MR) is 123 cm³/mol. The highest BCUT2D eigenvalue weighted by Crippen LogP contribution is 2.14. The van der Waals surface area contributed by atoms with Crippen LogP contribution in [0, 0.1) is 0 Å². The molecule has 0 radical (unpaired) electrons. The number of H-pyrrole nitrogens is 2. The standard InChI is InChI=1S/C24H38N4O4/c1-3-31-23(29)21-17-19(25-27-21)15-13-11-9-7-5-6-8-10-12-14-16-20-18-22(28-26-20)24(30)32-4-2/h17-18H,3-16H2,1-2H3,(H,25,27)(H,26,28). The molecule has 0 bridgehead atoms. The SMILES string of the molecule is CCOC(=O)c1cc(CCCCCCCCCCCCc2cc(C(=O)OCC)n[nH]2)[nH]n1. The lowest BCUT2D eigenvalue weighted by Gasteiger charge is -2.02. The number of nitrogens with zero attached hydrogens (tertiary/aromatic N) is 2. The first kappa shape index (κ1) is 25.6. The molecule has 8 heteroatoms. The summed E-state index contributed by atoms with van der Waals surface area (Å²) in [5, 5.41) is 13.9. The molecular weight excluding hydrogens is 408 g/mol. The minimum Gasteiger partial charge on any atom is -0.461 e. The van der Waals surface area contributed by atoms with Crippen LogP contribution in [-0.2, 0) is 22.3 Å². The second-order valence-corrected chi connectivity index (χ2v) is 8.03. The minimum absolute atomic E-state index is 0.362. The molecule has 2 aromatic rings. The van der Waals surface area contributed by atoms with Crippen molar-refractivity contribution >= 4 is 11.9 Å². The molecule has 0 saturated heterocycles. The molecule has 8 nitrogen and oxygen atoms in total. The zero-order chi connectivity index (χ0) is 23.0. The van der Waals surface area contributed by atoms with Crippen molar-refractivity contribution in [2.45, 2.75) is 90.9 Å². The van der Waals surface area contributed by atoms with Gasteiger partial charge in [0.1, 0.15) is 0 Å². The monoisotopic (exact) mass is 446 g/mol. The molecule has 2 heterocycles. The lowest BCUT2D eigenvalue weighted by atomic mass is 10.0. The average Bonchev–Trinajstić information content (AvgIpc) is 3.45. The van der Waals surface area contributed by atoms with Crippen molar-refractivity contribution in [2.24, 2.45) is 0 Å². The molecule has 0 unspecified atom stereocenters. The van der Waals surface area contributed by atoms with Crippen LogP contribution < -0.4 is 0 Å². The topological polar surface area (TPSA) is 110 Å². The highest BCUT2D eigenvalue weighted by atomic mass is 16.5. The zero-order valence-electron chi connectivity index (χ0n) is 19.6. The number of aromatic amines is 2. The molecule has 2 rings (SSSR count). The summed E-state index contributed by atoms with van der Waals surface area (Å²) < 4.78 is 9.90. The summed E-state index contributed by atoms with van der Waals surface area (Å²) in [4.78, 5) is 23.2. The van der Waals surface area contributed by atoms with E-state index in [4.69, 9.17) is 9.47 Å². The predicted octanol–water partition coefficient (Wildman–Crippen LogP) is 5.17. The van der Waals surface area contributed by atoms with Crippen molar-refractivity contribution in [3.63, 3.8) is 0 Å². The maximum atomic E-state index is 11.6. The summed E-state index contributed by atoms with van der Waals surface area (Å²) >= 11 is 0. The Balaban J connectivity index is 1.40. The van der Waals surface area contributed by atoms with Gasteiger partial charge in [-0.15, -0.1) is 0 Å². The Hall–Kier alpha value is -2.64. The summed E-state index contributed by atoms with van der Waals surface area (Å²) in [6, 6.07) is 3.59. The number of carbonyl (C=O) groups excluding carboxylic acids is 2. The smallest absolute Gasteiger partial charge is 0.358 e. The minimum atomic E-state index is -0.362. The van der Waals surface area contributed by atoms with E-state index in [2.05, 4.69) is 20.4 Å². The van der Waals surface area contributed by atoms with Crippen LogP contribution in [0.25, 0.3) is 0 Å². The molecule has 2 aromatic heterocycles. The number of carbonyl (C=O) groups is 2. The molecule has 32 heavy (non-hydrogen) atoms. The third kappa shape index (κ3) is 9.66. The Morgan fingerprint density at radius 1 is 0.656 bits per heavy atom. The lowest BCUT2D eigenvalue weighted by molar-refractivity contribution is 0.0510. The highest BCUT2D eigenvalue weighted by Gasteiger charge is 2.11. The van der Waals surface area contributed by atoms with Crippen LogP contribution in [0.5, 0.6) is 0 Å². The number of hydrogen-bond acceptors (Lipinski definition) is 6. The fourth-order valence-corrected chi connectivity index (χ4v) is 3.64. The fourth-order valence-electron chi connectivity index (χ4n) is 3.64. The Kier molecular flexibility index (Phi) is 12.2. The van der Waals surface area contributed by atoms with Gasteiger partial charge in [-0.25, -0.2) is 9.59 Å². The van der Waals surface area contributed by atoms with E-state index in [-0.39, 0.29) is 11.9 Å². The van der Waals surface area contributed by atoms with Gasteiger partial charge in [-0.1, -0.05) is 51.4 Å². The van der Waals surface area contributed by atoms with Crippen LogP contribution in [0.1, 0.15) is 110 Å². The summed E-state index contributed by atoms with van der Waals surface area (Å²) in [6.07, 6.45) is 14.1. The van der Waals surface area contributed by atoms with Crippen LogP contribution in [0.15, 0.2) is 12.1 Å². The number of aromatic nitrogens is 4. The first-order chi connectivity index (χ1) is 15.6. The van der Waals surface area contributed by atoms with E-state index >= 15 is 0 Å². The third-order valence-corrected chi connectivity index (χ3v) is 5.37. The Labute approximate surface area is 190 Å². The second kappa shape index (κ2) is 15.2. The molecule has 0 aromatic carbocycles. The van der Waals surface area contributed by atoms with E-state index < -0.39 is 0 Å². The van der Waals surface area contributed by atoms with Crippen LogP contribution in [0.4, 0.5) is 0 Å². The fraction of sp³-hybridized carbons (Fsp3) is 0.667. The second-order valence-electron chi connectivity index (χ2n) is 8.03. The van der Waals surface area contributed by atoms with E-state index in [0.717, 1.165) is 37.1 Å². The van der Waals surface area contributed by atoms with Crippen LogP contribution in [0.2, 0.25) is 0 Å². The molecule has 0 spiro atoms. The molecule has 2 N–H and O–H groups in total. The van der Waals surface area contributed by atoms with Crippen LogP contribution in [-0.4, -0.2) is 45.5 Å². The van der Waals surface area contributed by atoms with Gasteiger partial charge in [0.2, 0.25) is 0 Å². The Morgan fingerprint density at radius 3 is 1.34 bits per heavy atom. The van der Waals surface area contributed by atoms with Gasteiger partial charge in [-0.05, 0) is 51.7 Å². The van der Waals surface area contributed by atoms with Crippen molar-refractivity contribution in [3.05, 3.63) is 34.9 Å². The summed E-state index contributed by atoms with van der Waals surface area (Å²) in [7, 11) is 0. The van der Waals surface area contributed by atoms with Gasteiger partial charge >= 0.3 is 11.9 Å². The quantitative estimate of drug-likeness (QED) is 0.256. The Morgan fingerprint density at radius 2 is 1.00 bits per heavy atom. The van der Waals surface area contributed by atoms with Crippen molar-refractivity contribution in [2.75, 3.05) is 13.2 Å². The van der Waals surface area contributed by atoms with Gasteiger partial charge < -0.3 is 9.47 Å². The first-order valence-corrected chi connectivity index (χ1v) is 12.1. The van der Waals surface area contributed by atoms with Gasteiger partial charge in [0.05, 0.1) is 13.2 Å². The molecule has 0 atom stereocenters. The normalized spacial score (nSPS) is 10.9. The third-order valence-electron chi connectivity index (χ3n) is 5.37. The van der Waals surface area contributed by atoms with E-state index in [1.165, 1.54) is 51.4 Å². The number of hydrogen-bond donors (Lipinski definition) is 2. The number of nitrogens with one attached hydrogen (secondary N) is 2. The van der Waals surface area contributed by atoms with Crippen molar-refractivity contribution in [1.29, 1.82) is 0 Å². The van der Waals surface area contributed by atoms with Crippen molar-refractivity contribution in [3.8, 4) is 0 Å². The van der Waals surface area contributed by atoms with E-state index in [9.17, 15) is 9.59 Å². The van der Waals surface area contributed by atoms with Crippen LogP contribution >= 0.6 is 0 Å². The molecule has 0 aliphatic carbocycles. The van der Waals surface area contributed by atoms with Gasteiger partial charge in [0.25, 0.3) is 0 Å². The summed E-state index contributed by atoms with van der Waals surface area (Å²) in [5.41, 5.74) is 2.74. The number of unbranched alkanes of at least 4 members (excludes halogenated alkanes) is 9. The highest BCUT2D eigenvalue weighted by molar-refractivity contribution is 5.87. The number of aryl methyl sites for hydroxylation is 2. The van der Waals surface area contributed by atoms with E-state index in [1.54, 1.807) is 26.0 Å². The maximum absolute atomic E-state index is 11.6. The number of esters is 2. The van der Waals surface area contributed by atoms with Gasteiger partial charge in [-0.2, -0.15) is 10.2 Å². The summed E-state index contributed by atoms with van der Waals surface area (Å²) in [6.45, 7) is 4.31. The molecule has 0 aliphatic rings. The molecule has 0 aliphatic heterocycles. The zero-order valence-corrected chi connectivity index (χ0v) is 19.6. The van der Waals surface area contributed by atoms with Gasteiger partial charge in [-0.3, -0.25) is 10.2 Å². The molecule has 0 amide bonds. The molecule has 178 valence electrons. The number of rotatable bonds is 17.